The lowest BCUT2D eigenvalue weighted by Crippen LogP contribution is -2.24. The van der Waals surface area contributed by atoms with Gasteiger partial charge in [-0.05, 0) is 38.1 Å². The molecule has 0 aliphatic carbocycles. The van der Waals surface area contributed by atoms with Gasteiger partial charge in [0.1, 0.15) is 5.69 Å². The molecule has 0 bridgehead atoms. The smallest absolute Gasteiger partial charge is 0.116 e. The molecule has 1 aromatic heterocycles. The minimum Gasteiger partial charge on any atom is -0.390 e. The molecule has 1 saturated heterocycles. The molecule has 0 atom stereocenters. The van der Waals surface area contributed by atoms with Crippen LogP contribution in [0.2, 0.25) is 5.02 Å². The van der Waals surface area contributed by atoms with Gasteiger partial charge >= 0.3 is 0 Å². The standard InChI is InChI=1S/C15H19ClN4O/c16-13-5-3-12(4-6-13)15-14(11-21)17-18-20(15)10-9-19-7-1-2-8-19/h3-6,21H,1-2,7-11H2. The molecule has 21 heavy (non-hydrogen) atoms. The normalized spacial score (nSPS) is 15.7. The van der Waals surface area contributed by atoms with Crippen LogP contribution in [0.4, 0.5) is 0 Å². The number of nitrogens with zero attached hydrogens (tertiary/aromatic N) is 4. The van der Waals surface area contributed by atoms with E-state index in [9.17, 15) is 5.11 Å². The second kappa shape index (κ2) is 6.56. The van der Waals surface area contributed by atoms with Crippen LogP contribution in [0.15, 0.2) is 24.3 Å². The predicted octanol–water partition coefficient (Wildman–Crippen LogP) is 2.19. The Bertz CT molecular complexity index is 590. The lowest BCUT2D eigenvalue weighted by atomic mass is 10.1. The molecule has 3 rings (SSSR count). The summed E-state index contributed by atoms with van der Waals surface area (Å²) < 4.78 is 1.88. The molecule has 0 unspecified atom stereocenters. The first-order valence-corrected chi connectivity index (χ1v) is 7.67. The summed E-state index contributed by atoms with van der Waals surface area (Å²) in [5, 5.41) is 18.5. The molecule has 0 amide bonds. The van der Waals surface area contributed by atoms with Crippen molar-refractivity contribution in [2.45, 2.75) is 26.0 Å². The number of halogens is 1. The van der Waals surface area contributed by atoms with Gasteiger partial charge in [0.15, 0.2) is 0 Å². The fourth-order valence-corrected chi connectivity index (χ4v) is 2.90. The van der Waals surface area contributed by atoms with Crippen LogP contribution in [-0.4, -0.2) is 44.6 Å². The van der Waals surface area contributed by atoms with Crippen LogP contribution in [0.5, 0.6) is 0 Å². The average Bonchev–Trinajstić information content (AvgIpc) is 3.15. The summed E-state index contributed by atoms with van der Waals surface area (Å²) in [6.07, 6.45) is 2.56. The summed E-state index contributed by atoms with van der Waals surface area (Å²) in [6.45, 7) is 3.97. The van der Waals surface area contributed by atoms with Gasteiger partial charge in [0, 0.05) is 17.1 Å². The van der Waals surface area contributed by atoms with Crippen LogP contribution >= 0.6 is 11.6 Å². The molecule has 2 heterocycles. The highest BCUT2D eigenvalue weighted by atomic mass is 35.5. The van der Waals surface area contributed by atoms with Crippen LogP contribution in [-0.2, 0) is 13.2 Å². The molecule has 0 spiro atoms. The molecule has 2 aromatic rings. The number of benzene rings is 1. The Hall–Kier alpha value is -1.43. The highest BCUT2D eigenvalue weighted by Gasteiger charge is 2.16. The van der Waals surface area contributed by atoms with Crippen LogP contribution in [0.3, 0.4) is 0 Å². The Balaban J connectivity index is 1.83. The van der Waals surface area contributed by atoms with E-state index in [4.69, 9.17) is 11.6 Å². The molecule has 112 valence electrons. The van der Waals surface area contributed by atoms with E-state index in [1.807, 2.05) is 28.9 Å². The lowest BCUT2D eigenvalue weighted by Gasteiger charge is -2.15. The SMILES string of the molecule is OCc1nnn(CCN2CCCC2)c1-c1ccc(Cl)cc1. The Morgan fingerprint density at radius 3 is 2.48 bits per heavy atom. The second-order valence-corrected chi connectivity index (χ2v) is 5.76. The third kappa shape index (κ3) is 3.26. The maximum absolute atomic E-state index is 9.48. The third-order valence-corrected chi connectivity index (χ3v) is 4.15. The van der Waals surface area contributed by atoms with Crippen molar-refractivity contribution in [1.82, 2.24) is 19.9 Å². The Labute approximate surface area is 129 Å². The summed E-state index contributed by atoms with van der Waals surface area (Å²) in [5.41, 5.74) is 2.47. The molecule has 0 radical (unpaired) electrons. The summed E-state index contributed by atoms with van der Waals surface area (Å²) in [6, 6.07) is 7.56. The van der Waals surface area contributed by atoms with Crippen molar-refractivity contribution >= 4 is 11.6 Å². The topological polar surface area (TPSA) is 54.2 Å². The van der Waals surface area contributed by atoms with E-state index >= 15 is 0 Å². The van der Waals surface area contributed by atoms with Gasteiger partial charge in [-0.25, -0.2) is 4.68 Å². The fourth-order valence-electron chi connectivity index (χ4n) is 2.78. The molecular formula is C15H19ClN4O. The molecule has 1 aromatic carbocycles. The van der Waals surface area contributed by atoms with Crippen molar-refractivity contribution in [2.75, 3.05) is 19.6 Å². The number of aliphatic hydroxyl groups is 1. The zero-order chi connectivity index (χ0) is 14.7. The largest absolute Gasteiger partial charge is 0.390 e. The van der Waals surface area contributed by atoms with Crippen molar-refractivity contribution in [3.8, 4) is 11.3 Å². The zero-order valence-corrected chi connectivity index (χ0v) is 12.6. The molecule has 1 N–H and O–H groups in total. The first-order chi connectivity index (χ1) is 10.3. The average molecular weight is 307 g/mol. The molecule has 6 heteroatoms. The molecular weight excluding hydrogens is 288 g/mol. The van der Waals surface area contributed by atoms with E-state index in [2.05, 4.69) is 15.2 Å². The predicted molar refractivity (Wildman–Crippen MR) is 82.1 cm³/mol. The zero-order valence-electron chi connectivity index (χ0n) is 11.9. The van der Waals surface area contributed by atoms with Gasteiger partial charge in [-0.3, -0.25) is 0 Å². The van der Waals surface area contributed by atoms with Crippen LogP contribution in [0.1, 0.15) is 18.5 Å². The van der Waals surface area contributed by atoms with Crippen molar-refractivity contribution in [3.63, 3.8) is 0 Å². The van der Waals surface area contributed by atoms with E-state index < -0.39 is 0 Å². The highest BCUT2D eigenvalue weighted by molar-refractivity contribution is 6.30. The number of aliphatic hydroxyl groups excluding tert-OH is 1. The molecule has 5 nitrogen and oxygen atoms in total. The van der Waals surface area contributed by atoms with E-state index in [-0.39, 0.29) is 6.61 Å². The summed E-state index contributed by atoms with van der Waals surface area (Å²) in [5.74, 6) is 0. The van der Waals surface area contributed by atoms with Crippen molar-refractivity contribution < 1.29 is 5.11 Å². The van der Waals surface area contributed by atoms with Crippen molar-refractivity contribution in [1.29, 1.82) is 0 Å². The molecule has 1 aliphatic rings. The number of likely N-dealkylation sites (tertiary alicyclic amines) is 1. The first kappa shape index (κ1) is 14.5. The minimum absolute atomic E-state index is 0.109. The van der Waals surface area contributed by atoms with Gasteiger partial charge in [0.25, 0.3) is 0 Å². The summed E-state index contributed by atoms with van der Waals surface area (Å²) >= 11 is 5.94. The maximum atomic E-state index is 9.48. The van der Waals surface area contributed by atoms with Crippen molar-refractivity contribution in [2.24, 2.45) is 0 Å². The molecule has 1 aliphatic heterocycles. The number of hydrogen-bond donors (Lipinski definition) is 1. The fraction of sp³-hybridized carbons (Fsp3) is 0.467. The van der Waals surface area contributed by atoms with Gasteiger partial charge in [0.05, 0.1) is 18.8 Å². The summed E-state index contributed by atoms with van der Waals surface area (Å²) in [7, 11) is 0. The number of rotatable bonds is 5. The minimum atomic E-state index is -0.109. The monoisotopic (exact) mass is 306 g/mol. The van der Waals surface area contributed by atoms with Gasteiger partial charge < -0.3 is 10.0 Å². The Morgan fingerprint density at radius 2 is 1.81 bits per heavy atom. The third-order valence-electron chi connectivity index (χ3n) is 3.90. The van der Waals surface area contributed by atoms with Gasteiger partial charge in [0.2, 0.25) is 0 Å². The maximum Gasteiger partial charge on any atom is 0.116 e. The van der Waals surface area contributed by atoms with Crippen LogP contribution < -0.4 is 0 Å². The Kier molecular flexibility index (Phi) is 4.53. The van der Waals surface area contributed by atoms with Gasteiger partial charge in [-0.1, -0.05) is 28.9 Å². The van der Waals surface area contributed by atoms with Gasteiger partial charge in [-0.2, -0.15) is 0 Å². The molecule has 1 fully saturated rings. The quantitative estimate of drug-likeness (QED) is 0.920. The number of aromatic nitrogens is 3. The van der Waals surface area contributed by atoms with E-state index in [0.29, 0.717) is 10.7 Å². The highest BCUT2D eigenvalue weighted by Crippen LogP contribution is 2.24. The second-order valence-electron chi connectivity index (χ2n) is 5.32. The van der Waals surface area contributed by atoms with Crippen LogP contribution in [0, 0.1) is 0 Å². The molecule has 0 saturated carbocycles. The van der Waals surface area contributed by atoms with Crippen molar-refractivity contribution in [3.05, 3.63) is 35.0 Å². The van der Waals surface area contributed by atoms with E-state index in [1.54, 1.807) is 0 Å². The Morgan fingerprint density at radius 1 is 1.10 bits per heavy atom. The first-order valence-electron chi connectivity index (χ1n) is 7.29. The summed E-state index contributed by atoms with van der Waals surface area (Å²) in [4.78, 5) is 2.44. The lowest BCUT2D eigenvalue weighted by molar-refractivity contribution is 0.277. The number of hydrogen-bond acceptors (Lipinski definition) is 4. The van der Waals surface area contributed by atoms with Gasteiger partial charge in [-0.15, -0.1) is 5.10 Å². The van der Waals surface area contributed by atoms with Crippen LogP contribution in [0.25, 0.3) is 11.3 Å². The van der Waals surface area contributed by atoms with E-state index in [1.165, 1.54) is 12.8 Å². The van der Waals surface area contributed by atoms with E-state index in [0.717, 1.165) is 37.4 Å².